The average Bonchev–Trinajstić information content (AvgIpc) is 3.54. The largest absolute Gasteiger partial charge is 0.493 e. The van der Waals surface area contributed by atoms with Gasteiger partial charge in [-0.15, -0.1) is 17.9 Å². The highest BCUT2D eigenvalue weighted by Gasteiger charge is 2.33. The molecular formula is C30H24ClN3O3S2. The molecule has 0 spiro atoms. The molecule has 3 aromatic carbocycles. The second-order valence-electron chi connectivity index (χ2n) is 8.42. The number of amides is 1. The van der Waals surface area contributed by atoms with Crippen molar-refractivity contribution in [3.05, 3.63) is 112 Å². The topological polar surface area (TPSA) is 64.0 Å². The number of nitrogens with zero attached hydrogens (tertiary/aromatic N) is 3. The molecule has 0 radical (unpaired) electrons. The lowest BCUT2D eigenvalue weighted by atomic mass is 10.1. The van der Waals surface area contributed by atoms with Gasteiger partial charge in [0.05, 0.1) is 17.7 Å². The molecule has 1 fully saturated rings. The molecule has 5 rings (SSSR count). The van der Waals surface area contributed by atoms with Gasteiger partial charge in [0.1, 0.15) is 6.61 Å². The number of ether oxygens (including phenoxy) is 2. The number of methoxy groups -OCH3 is 1. The molecule has 196 valence electrons. The van der Waals surface area contributed by atoms with Crippen LogP contribution in [0.1, 0.15) is 11.1 Å². The van der Waals surface area contributed by atoms with Crippen LogP contribution in [0.5, 0.6) is 11.5 Å². The molecule has 39 heavy (non-hydrogen) atoms. The number of aliphatic imine (C=N–C) groups is 1. The normalized spacial score (nSPS) is 15.2. The first kappa shape index (κ1) is 26.7. The molecule has 1 saturated heterocycles. The molecule has 0 unspecified atom stereocenters. The lowest BCUT2D eigenvalue weighted by molar-refractivity contribution is -0.121. The highest BCUT2D eigenvalue weighted by atomic mass is 35.5. The summed E-state index contributed by atoms with van der Waals surface area (Å²) in [6.07, 6.45) is 3.51. The zero-order valence-corrected chi connectivity index (χ0v) is 23.4. The zero-order valence-electron chi connectivity index (χ0n) is 21.0. The monoisotopic (exact) mass is 573 g/mol. The Hall–Kier alpha value is -3.85. The smallest absolute Gasteiger partial charge is 0.267 e. The number of hydrogen-bond donors (Lipinski definition) is 0. The van der Waals surface area contributed by atoms with E-state index in [1.807, 2.05) is 84.3 Å². The van der Waals surface area contributed by atoms with Crippen LogP contribution >= 0.6 is 34.7 Å². The number of thiazole rings is 1. The summed E-state index contributed by atoms with van der Waals surface area (Å²) in [7, 11) is 1.59. The van der Waals surface area contributed by atoms with Gasteiger partial charge < -0.3 is 9.47 Å². The van der Waals surface area contributed by atoms with Gasteiger partial charge >= 0.3 is 0 Å². The molecule has 1 aliphatic rings. The quantitative estimate of drug-likeness (QED) is 0.151. The highest BCUT2D eigenvalue weighted by molar-refractivity contribution is 8.18. The first-order chi connectivity index (χ1) is 19.0. The second-order valence-corrected chi connectivity index (χ2v) is 10.7. The van der Waals surface area contributed by atoms with Crippen molar-refractivity contribution < 1.29 is 14.3 Å². The third-order valence-corrected chi connectivity index (χ3v) is 7.74. The zero-order chi connectivity index (χ0) is 27.2. The Bertz CT molecular complexity index is 1550. The SMILES string of the molecule is C=CCN1C(=O)/C(=C/c2ccc(OCc3ccc(Cl)cc3)c(OC)c2)S/C1=N/c1nc(-c2ccccc2)cs1. The van der Waals surface area contributed by atoms with Crippen LogP contribution in [0.25, 0.3) is 17.3 Å². The molecule has 1 amide bonds. The van der Waals surface area contributed by atoms with E-state index in [1.165, 1.54) is 23.1 Å². The maximum Gasteiger partial charge on any atom is 0.267 e. The Morgan fingerprint density at radius 2 is 1.87 bits per heavy atom. The molecule has 9 heteroatoms. The number of hydrogen-bond acceptors (Lipinski definition) is 7. The van der Waals surface area contributed by atoms with Gasteiger partial charge in [-0.05, 0) is 53.2 Å². The molecule has 0 bridgehead atoms. The van der Waals surface area contributed by atoms with E-state index in [1.54, 1.807) is 18.1 Å². The van der Waals surface area contributed by atoms with Gasteiger partial charge in [0.25, 0.3) is 5.91 Å². The van der Waals surface area contributed by atoms with Crippen LogP contribution in [0, 0.1) is 0 Å². The molecule has 0 saturated carbocycles. The van der Waals surface area contributed by atoms with Crippen LogP contribution in [0.3, 0.4) is 0 Å². The van der Waals surface area contributed by atoms with Crippen molar-refractivity contribution in [3.8, 4) is 22.8 Å². The summed E-state index contributed by atoms with van der Waals surface area (Å²) >= 11 is 8.71. The van der Waals surface area contributed by atoms with Crippen LogP contribution in [-0.4, -0.2) is 34.6 Å². The maximum absolute atomic E-state index is 13.3. The Kier molecular flexibility index (Phi) is 8.46. The number of amidine groups is 1. The first-order valence-corrected chi connectivity index (χ1v) is 14.1. The minimum Gasteiger partial charge on any atom is -0.493 e. The summed E-state index contributed by atoms with van der Waals surface area (Å²) < 4.78 is 11.5. The highest BCUT2D eigenvalue weighted by Crippen LogP contribution is 2.37. The lowest BCUT2D eigenvalue weighted by Gasteiger charge is -2.12. The van der Waals surface area contributed by atoms with Gasteiger partial charge in [0.15, 0.2) is 16.7 Å². The van der Waals surface area contributed by atoms with Gasteiger partial charge in [0.2, 0.25) is 5.13 Å². The number of carbonyl (C=O) groups excluding carboxylic acids is 1. The summed E-state index contributed by atoms with van der Waals surface area (Å²) in [6.45, 7) is 4.52. The molecule has 1 aromatic heterocycles. The van der Waals surface area contributed by atoms with E-state index < -0.39 is 0 Å². The fraction of sp³-hybridized carbons (Fsp3) is 0.100. The van der Waals surface area contributed by atoms with E-state index in [-0.39, 0.29) is 5.91 Å². The Labute approximate surface area is 240 Å². The van der Waals surface area contributed by atoms with E-state index in [0.717, 1.165) is 22.4 Å². The minimum atomic E-state index is -0.138. The van der Waals surface area contributed by atoms with E-state index in [2.05, 4.69) is 11.6 Å². The molecule has 0 aliphatic carbocycles. The summed E-state index contributed by atoms with van der Waals surface area (Å²) in [5.74, 6) is 1.04. The average molecular weight is 574 g/mol. The van der Waals surface area contributed by atoms with Crippen molar-refractivity contribution in [1.82, 2.24) is 9.88 Å². The predicted octanol–water partition coefficient (Wildman–Crippen LogP) is 7.84. The van der Waals surface area contributed by atoms with Gasteiger partial charge in [-0.3, -0.25) is 9.69 Å². The molecular weight excluding hydrogens is 550 g/mol. The van der Waals surface area contributed by atoms with E-state index in [0.29, 0.717) is 44.9 Å². The van der Waals surface area contributed by atoms with Crippen LogP contribution in [-0.2, 0) is 11.4 Å². The summed E-state index contributed by atoms with van der Waals surface area (Å²) in [6, 6.07) is 23.0. The number of thioether (sulfide) groups is 1. The Balaban J connectivity index is 1.36. The van der Waals surface area contributed by atoms with Crippen molar-refractivity contribution in [1.29, 1.82) is 0 Å². The molecule has 0 atom stereocenters. The third-order valence-electron chi connectivity index (χ3n) is 5.75. The Morgan fingerprint density at radius 1 is 1.08 bits per heavy atom. The molecule has 1 aliphatic heterocycles. The van der Waals surface area contributed by atoms with Gasteiger partial charge in [-0.2, -0.15) is 4.99 Å². The van der Waals surface area contributed by atoms with Crippen molar-refractivity contribution in [3.63, 3.8) is 0 Å². The van der Waals surface area contributed by atoms with Crippen LogP contribution in [0.4, 0.5) is 5.13 Å². The molecule has 4 aromatic rings. The molecule has 6 nitrogen and oxygen atoms in total. The van der Waals surface area contributed by atoms with Crippen LogP contribution in [0.2, 0.25) is 5.02 Å². The number of halogens is 1. The fourth-order valence-electron chi connectivity index (χ4n) is 3.81. The minimum absolute atomic E-state index is 0.138. The van der Waals surface area contributed by atoms with Crippen molar-refractivity contribution >= 4 is 57.0 Å². The predicted molar refractivity (Wildman–Crippen MR) is 161 cm³/mol. The molecule has 2 heterocycles. The van der Waals surface area contributed by atoms with E-state index >= 15 is 0 Å². The van der Waals surface area contributed by atoms with Crippen molar-refractivity contribution in [2.45, 2.75) is 6.61 Å². The standard InChI is InChI=1S/C30H24ClN3O3S2/c1-3-15-34-28(35)27(39-30(34)33-29-32-24(19-38-29)22-7-5-4-6-8-22)17-21-11-14-25(26(16-21)36-2)37-18-20-9-12-23(31)13-10-20/h3-14,16-17,19H,1,15,18H2,2H3/b27-17-,33-30+. The van der Waals surface area contributed by atoms with Gasteiger partial charge in [-0.1, -0.05) is 66.2 Å². The maximum atomic E-state index is 13.3. The number of benzene rings is 3. The second kappa shape index (κ2) is 12.3. The van der Waals surface area contributed by atoms with E-state index in [4.69, 9.17) is 26.1 Å². The van der Waals surface area contributed by atoms with Crippen LogP contribution < -0.4 is 9.47 Å². The third kappa shape index (κ3) is 6.42. The molecule has 0 N–H and O–H groups in total. The van der Waals surface area contributed by atoms with Crippen molar-refractivity contribution in [2.75, 3.05) is 13.7 Å². The Morgan fingerprint density at radius 3 is 2.62 bits per heavy atom. The number of aromatic nitrogens is 1. The van der Waals surface area contributed by atoms with Gasteiger partial charge in [0, 0.05) is 22.5 Å². The first-order valence-electron chi connectivity index (χ1n) is 12.0. The lowest BCUT2D eigenvalue weighted by Crippen LogP contribution is -2.29. The summed E-state index contributed by atoms with van der Waals surface area (Å²) in [5, 5.41) is 3.79. The number of rotatable bonds is 9. The van der Waals surface area contributed by atoms with Crippen LogP contribution in [0.15, 0.2) is 101 Å². The fourth-order valence-corrected chi connectivity index (χ4v) is 5.68. The summed E-state index contributed by atoms with van der Waals surface area (Å²) in [5.41, 5.74) is 3.67. The summed E-state index contributed by atoms with van der Waals surface area (Å²) in [4.78, 5) is 24.8. The van der Waals surface area contributed by atoms with E-state index in [9.17, 15) is 4.79 Å². The van der Waals surface area contributed by atoms with Crippen molar-refractivity contribution in [2.24, 2.45) is 4.99 Å². The van der Waals surface area contributed by atoms with Gasteiger partial charge in [-0.25, -0.2) is 4.98 Å². The number of carbonyl (C=O) groups is 1.